The fraction of sp³-hybridized carbons (Fsp3) is 0.429. The molecular weight excluding hydrogens is 605 g/mol. The van der Waals surface area contributed by atoms with E-state index in [1.807, 2.05) is 38.3 Å². The van der Waals surface area contributed by atoms with Gasteiger partial charge in [-0.3, -0.25) is 14.6 Å². The predicted octanol–water partition coefficient (Wildman–Crippen LogP) is 5.69. The van der Waals surface area contributed by atoms with Crippen molar-refractivity contribution in [1.82, 2.24) is 15.6 Å². The van der Waals surface area contributed by atoms with Crippen molar-refractivity contribution >= 4 is 46.2 Å². The lowest BCUT2D eigenvalue weighted by molar-refractivity contribution is -0.149. The molecule has 0 aliphatic carbocycles. The SMILES string of the molecule is CSCC[C@H](NC(=O)c1cc(NC[C@@H]2C[C@H](SC(=O)c3cccnc3)CN2)ccc1CCc1ccc(C)cc1)C(=O)OC(C)C. The van der Waals surface area contributed by atoms with Crippen molar-refractivity contribution in [3.63, 3.8) is 0 Å². The first kappa shape index (κ1) is 34.5. The number of carbonyl (C=O) groups excluding carboxylic acids is 3. The average Bonchev–Trinajstić information content (AvgIpc) is 3.49. The Hall–Kier alpha value is -3.34. The Balaban J connectivity index is 1.44. The molecule has 45 heavy (non-hydrogen) atoms. The zero-order valence-corrected chi connectivity index (χ0v) is 28.1. The van der Waals surface area contributed by atoms with Gasteiger partial charge in [0.25, 0.3) is 5.91 Å². The van der Waals surface area contributed by atoms with Crippen molar-refractivity contribution in [1.29, 1.82) is 0 Å². The topological polar surface area (TPSA) is 109 Å². The number of anilines is 1. The highest BCUT2D eigenvalue weighted by molar-refractivity contribution is 8.14. The van der Waals surface area contributed by atoms with E-state index in [1.165, 1.54) is 22.9 Å². The van der Waals surface area contributed by atoms with Gasteiger partial charge in [0.05, 0.1) is 6.10 Å². The first-order valence-corrected chi connectivity index (χ1v) is 17.8. The number of hydrogen-bond acceptors (Lipinski definition) is 9. The molecule has 1 aliphatic heterocycles. The smallest absolute Gasteiger partial charge is 0.328 e. The van der Waals surface area contributed by atoms with Crippen LogP contribution in [-0.2, 0) is 22.4 Å². The monoisotopic (exact) mass is 648 g/mol. The van der Waals surface area contributed by atoms with E-state index in [-0.39, 0.29) is 28.4 Å². The number of ether oxygens (including phenoxy) is 1. The third-order valence-corrected chi connectivity index (χ3v) is 9.40. The Kier molecular flexibility index (Phi) is 13.3. The minimum Gasteiger partial charge on any atom is -0.461 e. The van der Waals surface area contributed by atoms with Gasteiger partial charge in [-0.25, -0.2) is 4.79 Å². The molecule has 3 aromatic rings. The molecule has 0 radical (unpaired) electrons. The fourth-order valence-corrected chi connectivity index (χ4v) is 6.70. The number of esters is 1. The van der Waals surface area contributed by atoms with Gasteiger partial charge in [0, 0.05) is 53.6 Å². The average molecular weight is 649 g/mol. The van der Waals surface area contributed by atoms with Gasteiger partial charge in [-0.05, 0) is 93.9 Å². The van der Waals surface area contributed by atoms with E-state index in [1.54, 1.807) is 36.3 Å². The minimum absolute atomic E-state index is 0.0356. The molecule has 0 spiro atoms. The van der Waals surface area contributed by atoms with Crippen molar-refractivity contribution in [2.24, 2.45) is 0 Å². The van der Waals surface area contributed by atoms with Gasteiger partial charge >= 0.3 is 5.97 Å². The third kappa shape index (κ3) is 10.9. The molecule has 3 N–H and O–H groups in total. The number of aryl methyl sites for hydroxylation is 3. The van der Waals surface area contributed by atoms with Crippen molar-refractivity contribution < 1.29 is 19.1 Å². The van der Waals surface area contributed by atoms with Crippen LogP contribution < -0.4 is 16.0 Å². The van der Waals surface area contributed by atoms with Gasteiger partial charge in [0.15, 0.2) is 0 Å². The quantitative estimate of drug-likeness (QED) is 0.179. The van der Waals surface area contributed by atoms with Gasteiger partial charge in [-0.1, -0.05) is 47.7 Å². The molecule has 3 atom stereocenters. The number of nitrogens with one attached hydrogen (secondary N) is 3. The normalized spacial score (nSPS) is 16.7. The number of hydrogen-bond donors (Lipinski definition) is 3. The van der Waals surface area contributed by atoms with Crippen LogP contribution in [-0.4, -0.2) is 70.5 Å². The standard InChI is InChI=1S/C35H44N4O4S2/c1-23(2)43-34(41)32(15-17-44-4)39-33(40)31-19-28(14-13-26(31)12-11-25-9-7-24(3)8-10-25)37-21-29-18-30(22-38-29)45-35(42)27-6-5-16-36-20-27/h5-10,13-14,16,19-20,23,29-30,32,37-38H,11-12,15,17-18,21-22H2,1-4H3,(H,39,40)/t29-,30-,32-/m0/s1. The van der Waals surface area contributed by atoms with E-state index in [4.69, 9.17) is 4.74 Å². The number of aromatic nitrogens is 1. The molecule has 1 aromatic heterocycles. The Morgan fingerprint density at radius 2 is 1.89 bits per heavy atom. The number of pyridine rings is 1. The van der Waals surface area contributed by atoms with Crippen LogP contribution in [0.5, 0.6) is 0 Å². The highest BCUT2D eigenvalue weighted by Gasteiger charge is 2.28. The van der Waals surface area contributed by atoms with Crippen LogP contribution in [0.1, 0.15) is 64.1 Å². The zero-order valence-electron chi connectivity index (χ0n) is 26.5. The molecule has 1 aliphatic rings. The molecular formula is C35H44N4O4S2. The lowest BCUT2D eigenvalue weighted by atomic mass is 9.97. The zero-order chi connectivity index (χ0) is 32.2. The molecule has 240 valence electrons. The summed E-state index contributed by atoms with van der Waals surface area (Å²) in [5.74, 6) is 0.0278. The minimum atomic E-state index is -0.722. The fourth-order valence-electron chi connectivity index (χ4n) is 5.16. The van der Waals surface area contributed by atoms with Gasteiger partial charge in [-0.2, -0.15) is 11.8 Å². The second-order valence-electron chi connectivity index (χ2n) is 11.6. The van der Waals surface area contributed by atoms with Gasteiger partial charge in [-0.15, -0.1) is 0 Å². The summed E-state index contributed by atoms with van der Waals surface area (Å²) in [6, 6.07) is 17.4. The summed E-state index contributed by atoms with van der Waals surface area (Å²) in [5, 5.41) is 10.2. The van der Waals surface area contributed by atoms with E-state index in [0.29, 0.717) is 30.5 Å². The molecule has 10 heteroatoms. The van der Waals surface area contributed by atoms with Crippen LogP contribution in [0.15, 0.2) is 67.0 Å². The van der Waals surface area contributed by atoms with Gasteiger partial charge in [0.1, 0.15) is 6.04 Å². The molecule has 1 saturated heterocycles. The highest BCUT2D eigenvalue weighted by atomic mass is 32.2. The first-order chi connectivity index (χ1) is 21.7. The van der Waals surface area contributed by atoms with Crippen LogP contribution in [0.2, 0.25) is 0 Å². The Morgan fingerprint density at radius 3 is 2.60 bits per heavy atom. The van der Waals surface area contributed by atoms with Crippen LogP contribution in [0.25, 0.3) is 0 Å². The second kappa shape index (κ2) is 17.4. The van der Waals surface area contributed by atoms with Crippen LogP contribution in [0.4, 0.5) is 5.69 Å². The summed E-state index contributed by atoms with van der Waals surface area (Å²) in [7, 11) is 0. The number of carbonyl (C=O) groups is 3. The van der Waals surface area contributed by atoms with E-state index >= 15 is 0 Å². The Labute approximate surface area is 275 Å². The molecule has 0 bridgehead atoms. The summed E-state index contributed by atoms with van der Waals surface area (Å²) in [6.07, 6.45) is 7.80. The summed E-state index contributed by atoms with van der Waals surface area (Å²) >= 11 is 2.98. The van der Waals surface area contributed by atoms with E-state index in [9.17, 15) is 14.4 Å². The number of amides is 1. The molecule has 2 aromatic carbocycles. The maximum absolute atomic E-state index is 13.8. The molecule has 1 fully saturated rings. The van der Waals surface area contributed by atoms with Gasteiger partial charge < -0.3 is 20.7 Å². The lowest BCUT2D eigenvalue weighted by Gasteiger charge is -2.20. The van der Waals surface area contributed by atoms with Gasteiger partial charge in [0.2, 0.25) is 5.12 Å². The summed E-state index contributed by atoms with van der Waals surface area (Å²) in [4.78, 5) is 43.3. The van der Waals surface area contributed by atoms with Crippen molar-refractivity contribution in [3.05, 3.63) is 94.8 Å². The maximum atomic E-state index is 13.8. The second-order valence-corrected chi connectivity index (χ2v) is 13.9. The molecule has 4 rings (SSSR count). The van der Waals surface area contributed by atoms with Crippen LogP contribution >= 0.6 is 23.5 Å². The molecule has 1 amide bonds. The largest absolute Gasteiger partial charge is 0.461 e. The van der Waals surface area contributed by atoms with Crippen LogP contribution in [0, 0.1) is 6.92 Å². The highest BCUT2D eigenvalue weighted by Crippen LogP contribution is 2.26. The first-order valence-electron chi connectivity index (χ1n) is 15.5. The molecule has 2 heterocycles. The van der Waals surface area contributed by atoms with E-state index in [0.717, 1.165) is 36.4 Å². The third-order valence-electron chi connectivity index (χ3n) is 7.62. The van der Waals surface area contributed by atoms with E-state index < -0.39 is 12.0 Å². The number of benzene rings is 2. The molecule has 0 unspecified atom stereocenters. The number of rotatable bonds is 15. The van der Waals surface area contributed by atoms with Crippen molar-refractivity contribution in [2.45, 2.75) is 69.9 Å². The molecule has 8 nitrogen and oxygen atoms in total. The Morgan fingerprint density at radius 1 is 1.09 bits per heavy atom. The van der Waals surface area contributed by atoms with Crippen molar-refractivity contribution in [3.8, 4) is 0 Å². The van der Waals surface area contributed by atoms with Crippen molar-refractivity contribution in [2.75, 3.05) is 30.4 Å². The van der Waals surface area contributed by atoms with E-state index in [2.05, 4.69) is 52.1 Å². The molecule has 0 saturated carbocycles. The maximum Gasteiger partial charge on any atom is 0.328 e. The number of thioether (sulfide) groups is 2. The Bertz CT molecular complexity index is 1420. The van der Waals surface area contributed by atoms with Crippen LogP contribution in [0.3, 0.4) is 0 Å². The summed E-state index contributed by atoms with van der Waals surface area (Å²) in [5.41, 5.74) is 5.33. The number of nitrogens with zero attached hydrogens (tertiary/aromatic N) is 1. The lowest BCUT2D eigenvalue weighted by Crippen LogP contribution is -2.43. The summed E-state index contributed by atoms with van der Waals surface area (Å²) in [6.45, 7) is 7.08. The predicted molar refractivity (Wildman–Crippen MR) is 185 cm³/mol. The summed E-state index contributed by atoms with van der Waals surface area (Å²) < 4.78 is 5.46.